The van der Waals surface area contributed by atoms with E-state index < -0.39 is 141 Å². The Labute approximate surface area is 337 Å². The van der Waals surface area contributed by atoms with Crippen molar-refractivity contribution >= 4 is 59.1 Å². The molecule has 7 atom stereocenters. The molecule has 1 aliphatic heterocycles. The van der Waals surface area contributed by atoms with Crippen LogP contribution in [-0.2, 0) is 59.2 Å². The van der Waals surface area contributed by atoms with E-state index >= 15 is 0 Å². The number of carboxylic acids is 1. The Morgan fingerprint density at radius 2 is 1.14 bits per heavy atom. The second-order valence-electron chi connectivity index (χ2n) is 13.7. The fourth-order valence-corrected chi connectivity index (χ4v) is 5.22. The van der Waals surface area contributed by atoms with Crippen LogP contribution in [0.4, 0.5) is 0 Å². The van der Waals surface area contributed by atoms with Crippen molar-refractivity contribution in [1.82, 2.24) is 48.0 Å². The van der Waals surface area contributed by atoms with Crippen molar-refractivity contribution in [2.24, 2.45) is 5.92 Å². The second-order valence-corrected chi connectivity index (χ2v) is 13.7. The highest BCUT2D eigenvalue weighted by Gasteiger charge is 2.33. The van der Waals surface area contributed by atoms with Crippen LogP contribution < -0.4 is 48.0 Å². The lowest BCUT2D eigenvalue weighted by Gasteiger charge is -2.26. The van der Waals surface area contributed by atoms with E-state index in [4.69, 9.17) is 4.84 Å². The van der Waals surface area contributed by atoms with E-state index in [0.29, 0.717) is 5.56 Å². The van der Waals surface area contributed by atoms with Crippen LogP contribution >= 0.6 is 0 Å². The number of carboxylic acid groups (broad SMARTS) is 1. The van der Waals surface area contributed by atoms with E-state index in [1.54, 1.807) is 44.2 Å². The number of hydroxylamine groups is 1. The zero-order chi connectivity index (χ0) is 44.2. The maximum absolute atomic E-state index is 13.7. The Bertz CT molecular complexity index is 1680. The summed E-state index contributed by atoms with van der Waals surface area (Å²) in [7, 11) is 0. The number of hydrogen-bond donors (Lipinski definition) is 13. The summed E-state index contributed by atoms with van der Waals surface area (Å²) >= 11 is 0. The Hall–Kier alpha value is -6.24. The summed E-state index contributed by atoms with van der Waals surface area (Å²) in [5.74, 6) is -11.3. The van der Waals surface area contributed by atoms with Crippen molar-refractivity contribution in [2.75, 3.05) is 33.0 Å². The van der Waals surface area contributed by atoms with Crippen molar-refractivity contribution in [2.45, 2.75) is 82.3 Å². The number of amides is 9. The van der Waals surface area contributed by atoms with Gasteiger partial charge in [0.1, 0.15) is 42.3 Å². The lowest BCUT2D eigenvalue weighted by atomic mass is 10.0. The van der Waals surface area contributed by atoms with Crippen molar-refractivity contribution in [3.05, 3.63) is 35.9 Å². The number of rotatable bonds is 8. The van der Waals surface area contributed by atoms with E-state index in [1.807, 2.05) is 5.48 Å². The average Bonchev–Trinajstić information content (AvgIpc) is 3.18. The maximum Gasteiger partial charge on any atom is 0.326 e. The van der Waals surface area contributed by atoms with Crippen LogP contribution in [0.15, 0.2) is 30.3 Å². The number of aliphatic hydroxyl groups is 3. The van der Waals surface area contributed by atoms with Crippen molar-refractivity contribution < 1.29 is 73.2 Å². The highest BCUT2D eigenvalue weighted by molar-refractivity contribution is 5.97. The summed E-state index contributed by atoms with van der Waals surface area (Å²) in [5.41, 5.74) is 2.33. The molecule has 0 bridgehead atoms. The van der Waals surface area contributed by atoms with Gasteiger partial charge < -0.3 is 63.0 Å². The molecule has 1 heterocycles. The molecule has 0 saturated carbocycles. The first-order valence-electron chi connectivity index (χ1n) is 18.3. The molecule has 13 N–H and O–H groups in total. The molecule has 1 saturated heterocycles. The van der Waals surface area contributed by atoms with Crippen molar-refractivity contribution in [3.63, 3.8) is 0 Å². The van der Waals surface area contributed by atoms with Gasteiger partial charge in [-0.1, -0.05) is 44.2 Å². The molecule has 0 aliphatic carbocycles. The molecule has 0 radical (unpaired) electrons. The normalized spacial score (nSPS) is 25.8. The summed E-state index contributed by atoms with van der Waals surface area (Å²) in [6.07, 6.45) is -1.14. The van der Waals surface area contributed by atoms with E-state index in [1.165, 1.54) is 6.92 Å². The predicted octanol–water partition coefficient (Wildman–Crippen LogP) is -6.68. The number of nitrogens with one attached hydrogen (secondary N) is 9. The Morgan fingerprint density at radius 3 is 1.69 bits per heavy atom. The summed E-state index contributed by atoms with van der Waals surface area (Å²) in [5, 5.41) is 57.0. The predicted molar refractivity (Wildman–Crippen MR) is 199 cm³/mol. The van der Waals surface area contributed by atoms with Crippen LogP contribution in [0.3, 0.4) is 0 Å². The Balaban J connectivity index is 2.43. The molecule has 1 fully saturated rings. The lowest BCUT2D eigenvalue weighted by Crippen LogP contribution is -2.59. The molecule has 0 spiro atoms. The van der Waals surface area contributed by atoms with Crippen LogP contribution in [-0.4, -0.2) is 155 Å². The van der Waals surface area contributed by atoms with Gasteiger partial charge in [-0.15, -0.1) is 0 Å². The van der Waals surface area contributed by atoms with Gasteiger partial charge in [0.15, 0.2) is 6.61 Å². The molecule has 0 aromatic heterocycles. The zero-order valence-corrected chi connectivity index (χ0v) is 32.4. The molecule has 2 rings (SSSR count). The summed E-state index contributed by atoms with van der Waals surface area (Å²) in [6, 6.07) is -2.97. The number of benzene rings is 1. The van der Waals surface area contributed by atoms with Gasteiger partial charge in [-0.05, 0) is 24.8 Å². The molecule has 9 amide bonds. The number of carbonyl (C=O) groups excluding carboxylic acids is 9. The third-order valence-electron chi connectivity index (χ3n) is 8.31. The first-order valence-corrected chi connectivity index (χ1v) is 18.3. The van der Waals surface area contributed by atoms with Crippen LogP contribution in [0.1, 0.15) is 39.2 Å². The molecule has 59 heavy (non-hydrogen) atoms. The standard InChI is InChI=1S/C35H51N9O15/c1-17(2)9-20-30(52)41-21(10-19-7-5-4-6-8-19)31(53)42-22(35(57)58)11-26(48)44-59-16-28(50)39-24(14-46)34(56)43-25(15-47)32(54)37-18(3)29(51)36-12-27(49)38-23(13-45)33(55)40-20/h4-8,17-18,20-25,45-47H,9-16H2,1-3H3,(H,36,51)(H,37,54)(H,38,49)(H,39,50)(H,40,55)(H,41,52)(H,42,53)(H,43,56)(H,44,48)(H,57,58)/t18-,20-,21-,22-,23-,24-,25-/m0/s1. The minimum absolute atomic E-state index is 0.0135. The van der Waals surface area contributed by atoms with Crippen molar-refractivity contribution in [1.29, 1.82) is 0 Å². The molecule has 24 heteroatoms. The maximum atomic E-state index is 13.7. The largest absolute Gasteiger partial charge is 0.480 e. The first kappa shape index (κ1) is 48.9. The zero-order valence-electron chi connectivity index (χ0n) is 32.4. The highest BCUT2D eigenvalue weighted by Crippen LogP contribution is 2.09. The van der Waals surface area contributed by atoms with Gasteiger partial charge in [-0.2, -0.15) is 0 Å². The summed E-state index contributed by atoms with van der Waals surface area (Å²) in [6.45, 7) is -0.109. The smallest absolute Gasteiger partial charge is 0.326 e. The first-order chi connectivity index (χ1) is 27.9. The van der Waals surface area contributed by atoms with Crippen LogP contribution in [0.2, 0.25) is 0 Å². The Morgan fingerprint density at radius 1 is 0.644 bits per heavy atom. The third-order valence-corrected chi connectivity index (χ3v) is 8.31. The molecular weight excluding hydrogens is 786 g/mol. The summed E-state index contributed by atoms with van der Waals surface area (Å²) in [4.78, 5) is 133. The van der Waals surface area contributed by atoms with Gasteiger partial charge in [0.25, 0.3) is 0 Å². The summed E-state index contributed by atoms with van der Waals surface area (Å²) < 4.78 is 0. The number of hydrogen-bond acceptors (Lipinski definition) is 14. The Kier molecular flexibility index (Phi) is 20.3. The van der Waals surface area contributed by atoms with E-state index in [2.05, 4.69) is 42.5 Å². The van der Waals surface area contributed by atoms with Gasteiger partial charge in [0.05, 0.1) is 32.8 Å². The quantitative estimate of drug-likeness (QED) is 0.116. The molecule has 1 aromatic rings. The van der Waals surface area contributed by atoms with Gasteiger partial charge in [0, 0.05) is 6.42 Å². The van der Waals surface area contributed by atoms with E-state index in [9.17, 15) is 68.4 Å². The molecule has 0 unspecified atom stereocenters. The van der Waals surface area contributed by atoms with Crippen LogP contribution in [0, 0.1) is 5.92 Å². The fourth-order valence-electron chi connectivity index (χ4n) is 5.22. The van der Waals surface area contributed by atoms with Gasteiger partial charge in [-0.3, -0.25) is 48.0 Å². The number of aliphatic carboxylic acids is 1. The van der Waals surface area contributed by atoms with Crippen molar-refractivity contribution in [3.8, 4) is 0 Å². The van der Waals surface area contributed by atoms with Gasteiger partial charge in [-0.25, -0.2) is 10.3 Å². The van der Waals surface area contributed by atoms with Gasteiger partial charge >= 0.3 is 5.97 Å². The monoisotopic (exact) mass is 837 g/mol. The molecule has 1 aliphatic rings. The van der Waals surface area contributed by atoms with E-state index in [-0.39, 0.29) is 18.8 Å². The van der Waals surface area contributed by atoms with Gasteiger partial charge in [0.2, 0.25) is 53.2 Å². The lowest BCUT2D eigenvalue weighted by molar-refractivity contribution is -0.147. The minimum Gasteiger partial charge on any atom is -0.480 e. The third kappa shape index (κ3) is 17.0. The highest BCUT2D eigenvalue weighted by atomic mass is 16.7. The number of aliphatic hydroxyl groups excluding tert-OH is 3. The SMILES string of the molecule is CC(C)C[C@@H]1NC(=O)[C@H](CO)NC(=O)CNC(=O)[C@H](C)NC(=O)[C@H](CO)NC(=O)[C@H](CO)NC(=O)CONC(=O)C[C@@H](C(=O)O)NC(=O)[C@H](Cc2ccccc2)NC1=O. The minimum atomic E-state index is -1.90. The topological polar surface area (TPSA) is 369 Å². The average molecular weight is 838 g/mol. The second kappa shape index (κ2) is 24.5. The molecular formula is C35H51N9O15. The molecule has 24 nitrogen and oxygen atoms in total. The fraction of sp³-hybridized carbons (Fsp3) is 0.543. The van der Waals surface area contributed by atoms with Crippen LogP contribution in [0.5, 0.6) is 0 Å². The molecule has 1 aromatic carbocycles. The van der Waals surface area contributed by atoms with Crippen LogP contribution in [0.25, 0.3) is 0 Å². The van der Waals surface area contributed by atoms with E-state index in [0.717, 1.165) is 0 Å². The number of carbonyl (C=O) groups is 10. The molecule has 326 valence electrons.